The molecule has 122 valence electrons. The molecule has 3 rings (SSSR count). The molecule has 0 bridgehead atoms. The molecule has 1 aliphatic carbocycles. The highest BCUT2D eigenvalue weighted by Crippen LogP contribution is 2.45. The van der Waals surface area contributed by atoms with E-state index in [-0.39, 0.29) is 24.8 Å². The van der Waals surface area contributed by atoms with Crippen LogP contribution in [0.15, 0.2) is 14.3 Å². The minimum atomic E-state index is 0. The van der Waals surface area contributed by atoms with Gasteiger partial charge in [-0.25, -0.2) is 0 Å². The second-order valence-corrected chi connectivity index (χ2v) is 8.80. The molecule has 1 aliphatic heterocycles. The van der Waals surface area contributed by atoms with Crippen molar-refractivity contribution in [3.05, 3.63) is 19.2 Å². The fraction of sp³-hybridized carbons (Fsp3) is 0.714. The van der Waals surface area contributed by atoms with Gasteiger partial charge >= 0.3 is 0 Å². The second kappa shape index (κ2) is 9.45. The zero-order valence-corrected chi connectivity index (χ0v) is 17.4. The summed E-state index contributed by atoms with van der Waals surface area (Å²) in [7, 11) is 0. The minimum Gasteiger partial charge on any atom is -0.314 e. The van der Waals surface area contributed by atoms with Gasteiger partial charge in [0.25, 0.3) is 0 Å². The van der Waals surface area contributed by atoms with Crippen LogP contribution in [0.1, 0.15) is 36.6 Å². The van der Waals surface area contributed by atoms with Crippen molar-refractivity contribution in [3.63, 3.8) is 0 Å². The van der Waals surface area contributed by atoms with Gasteiger partial charge in [0.05, 0.1) is 3.79 Å². The van der Waals surface area contributed by atoms with Gasteiger partial charge in [0.2, 0.25) is 0 Å². The summed E-state index contributed by atoms with van der Waals surface area (Å²) in [6.07, 6.45) is 5.64. The summed E-state index contributed by atoms with van der Waals surface area (Å²) in [5, 5.41) is 3.47. The lowest BCUT2D eigenvalue weighted by Gasteiger charge is -2.37. The molecule has 2 nitrogen and oxygen atoms in total. The molecule has 7 heteroatoms. The summed E-state index contributed by atoms with van der Waals surface area (Å²) in [5.74, 6) is 0.857. The van der Waals surface area contributed by atoms with Crippen molar-refractivity contribution in [1.82, 2.24) is 10.2 Å². The van der Waals surface area contributed by atoms with E-state index < -0.39 is 0 Å². The van der Waals surface area contributed by atoms with Gasteiger partial charge in [0.1, 0.15) is 0 Å². The topological polar surface area (TPSA) is 15.3 Å². The van der Waals surface area contributed by atoms with Crippen LogP contribution in [-0.4, -0.2) is 31.1 Å². The van der Waals surface area contributed by atoms with E-state index in [0.29, 0.717) is 6.04 Å². The summed E-state index contributed by atoms with van der Waals surface area (Å²) < 4.78 is 2.45. The van der Waals surface area contributed by atoms with E-state index >= 15 is 0 Å². The molecule has 1 atom stereocenters. The highest BCUT2D eigenvalue weighted by molar-refractivity contribution is 9.13. The Morgan fingerprint density at radius 1 is 1.14 bits per heavy atom. The van der Waals surface area contributed by atoms with Gasteiger partial charge in [-0.3, -0.25) is 4.90 Å². The molecule has 1 aromatic rings. The van der Waals surface area contributed by atoms with Gasteiger partial charge in [0.15, 0.2) is 0 Å². The highest BCUT2D eigenvalue weighted by Gasteiger charge is 2.33. The van der Waals surface area contributed by atoms with Crippen molar-refractivity contribution in [2.24, 2.45) is 5.92 Å². The van der Waals surface area contributed by atoms with Crippen LogP contribution in [0, 0.1) is 5.92 Å². The molecule has 2 heterocycles. The first-order valence-corrected chi connectivity index (χ1v) is 9.55. The first-order valence-electron chi connectivity index (χ1n) is 7.15. The summed E-state index contributed by atoms with van der Waals surface area (Å²) in [4.78, 5) is 4.24. The average Bonchev–Trinajstić information content (AvgIpc) is 3.03. The second-order valence-electron chi connectivity index (χ2n) is 5.55. The SMILES string of the molecule is Brc1cc([C@@H](C2CCCC2)N2CCNCC2)sc1Br.Cl.Cl. The molecule has 2 aliphatic rings. The van der Waals surface area contributed by atoms with Crippen LogP contribution in [0.3, 0.4) is 0 Å². The van der Waals surface area contributed by atoms with E-state index in [1.54, 1.807) is 0 Å². The van der Waals surface area contributed by atoms with E-state index in [1.807, 2.05) is 11.3 Å². The smallest absolute Gasteiger partial charge is 0.0843 e. The third-order valence-corrected chi connectivity index (χ3v) is 7.67. The molecule has 1 aromatic heterocycles. The van der Waals surface area contributed by atoms with Gasteiger partial charge in [-0.05, 0) is 56.7 Å². The molecule has 1 N–H and O–H groups in total. The predicted octanol–water partition coefficient (Wildman–Crippen LogP) is 5.25. The van der Waals surface area contributed by atoms with Crippen LogP contribution in [-0.2, 0) is 0 Å². The fourth-order valence-electron chi connectivity index (χ4n) is 3.45. The van der Waals surface area contributed by atoms with E-state index in [1.165, 1.54) is 51.9 Å². The van der Waals surface area contributed by atoms with Crippen molar-refractivity contribution in [2.75, 3.05) is 26.2 Å². The van der Waals surface area contributed by atoms with E-state index in [9.17, 15) is 0 Å². The Morgan fingerprint density at radius 2 is 1.76 bits per heavy atom. The summed E-state index contributed by atoms with van der Waals surface area (Å²) in [6, 6.07) is 2.97. The Morgan fingerprint density at radius 3 is 2.29 bits per heavy atom. The lowest BCUT2D eigenvalue weighted by Crippen LogP contribution is -2.46. The summed E-state index contributed by atoms with van der Waals surface area (Å²) in [6.45, 7) is 4.65. The molecule has 0 spiro atoms. The number of nitrogens with one attached hydrogen (secondary N) is 1. The molecule has 0 unspecified atom stereocenters. The molecule has 0 amide bonds. The molecule has 21 heavy (non-hydrogen) atoms. The summed E-state index contributed by atoms with van der Waals surface area (Å²) >= 11 is 9.22. The Hall–Kier alpha value is 1.16. The highest BCUT2D eigenvalue weighted by atomic mass is 79.9. The number of piperazine rings is 1. The lowest BCUT2D eigenvalue weighted by atomic mass is 9.94. The van der Waals surface area contributed by atoms with Gasteiger partial charge in [-0.15, -0.1) is 36.2 Å². The zero-order chi connectivity index (χ0) is 13.2. The van der Waals surface area contributed by atoms with E-state index in [4.69, 9.17) is 0 Å². The van der Waals surface area contributed by atoms with Crippen molar-refractivity contribution in [3.8, 4) is 0 Å². The largest absolute Gasteiger partial charge is 0.314 e. The molecule has 2 fully saturated rings. The van der Waals surface area contributed by atoms with Crippen molar-refractivity contribution in [2.45, 2.75) is 31.7 Å². The monoisotopic (exact) mass is 478 g/mol. The predicted molar refractivity (Wildman–Crippen MR) is 103 cm³/mol. The van der Waals surface area contributed by atoms with Gasteiger partial charge in [-0.1, -0.05) is 12.8 Å². The maximum atomic E-state index is 3.66. The zero-order valence-electron chi connectivity index (χ0n) is 11.8. The molecule has 1 saturated heterocycles. The molecule has 1 saturated carbocycles. The average molecular weight is 481 g/mol. The molecular formula is C14H22Br2Cl2N2S. The first-order chi connectivity index (χ1) is 9.25. The first kappa shape index (κ1) is 20.2. The van der Waals surface area contributed by atoms with Crippen LogP contribution in [0.2, 0.25) is 0 Å². The van der Waals surface area contributed by atoms with Crippen LogP contribution < -0.4 is 5.32 Å². The normalized spacial score (nSPS) is 21.6. The number of rotatable bonds is 3. The van der Waals surface area contributed by atoms with Crippen LogP contribution in [0.25, 0.3) is 0 Å². The Bertz CT molecular complexity index is 413. The molecular weight excluding hydrogens is 459 g/mol. The van der Waals surface area contributed by atoms with E-state index in [2.05, 4.69) is 48.1 Å². The van der Waals surface area contributed by atoms with Gasteiger partial charge < -0.3 is 5.32 Å². The number of nitrogens with zero attached hydrogens (tertiary/aromatic N) is 1. The van der Waals surface area contributed by atoms with Crippen molar-refractivity contribution < 1.29 is 0 Å². The van der Waals surface area contributed by atoms with E-state index in [0.717, 1.165) is 19.0 Å². The Kier molecular flexibility index (Phi) is 9.10. The molecule has 0 aromatic carbocycles. The van der Waals surface area contributed by atoms with Crippen LogP contribution >= 0.6 is 68.0 Å². The van der Waals surface area contributed by atoms with Crippen LogP contribution in [0.4, 0.5) is 0 Å². The summed E-state index contributed by atoms with van der Waals surface area (Å²) in [5.41, 5.74) is 0. The van der Waals surface area contributed by atoms with Gasteiger partial charge in [-0.2, -0.15) is 0 Å². The fourth-order valence-corrected chi connectivity index (χ4v) is 5.77. The third-order valence-electron chi connectivity index (χ3n) is 4.35. The standard InChI is InChI=1S/C14H20Br2N2S.2ClH/c15-11-9-12(19-14(11)16)13(10-3-1-2-4-10)18-7-5-17-6-8-18;;/h9-10,13,17H,1-8H2;2*1H/t13-;;/m1../s1. The van der Waals surface area contributed by atoms with Crippen molar-refractivity contribution in [1.29, 1.82) is 0 Å². The molecule has 0 radical (unpaired) electrons. The maximum Gasteiger partial charge on any atom is 0.0843 e. The Balaban J connectivity index is 0.00000110. The minimum absolute atomic E-state index is 0. The number of thiophene rings is 1. The number of halogens is 4. The van der Waals surface area contributed by atoms with Crippen molar-refractivity contribution >= 4 is 68.0 Å². The number of hydrogen-bond acceptors (Lipinski definition) is 3. The maximum absolute atomic E-state index is 3.66. The third kappa shape index (κ3) is 4.82. The quantitative estimate of drug-likeness (QED) is 0.635. The van der Waals surface area contributed by atoms with Crippen LogP contribution in [0.5, 0.6) is 0 Å². The Labute approximate surface area is 160 Å². The van der Waals surface area contributed by atoms with Gasteiger partial charge in [0, 0.05) is 41.6 Å². The number of hydrogen-bond donors (Lipinski definition) is 1. The lowest BCUT2D eigenvalue weighted by molar-refractivity contribution is 0.128.